The zero-order chi connectivity index (χ0) is 18.1. The molecule has 2 aliphatic heterocycles. The Morgan fingerprint density at radius 2 is 1.77 bits per heavy atom. The first-order valence-corrected chi connectivity index (χ1v) is 10.2. The maximum atomic E-state index is 12.8. The Kier molecular flexibility index (Phi) is 4.32. The molecule has 0 N–H and O–H groups in total. The van der Waals surface area contributed by atoms with Gasteiger partial charge in [-0.2, -0.15) is 0 Å². The van der Waals surface area contributed by atoms with E-state index >= 15 is 0 Å². The van der Waals surface area contributed by atoms with Crippen LogP contribution in [0.1, 0.15) is 27.6 Å². The molecule has 1 saturated heterocycles. The van der Waals surface area contributed by atoms with E-state index in [1.165, 1.54) is 0 Å². The molecule has 1 atom stereocenters. The molecule has 0 spiro atoms. The van der Waals surface area contributed by atoms with Crippen LogP contribution in [-0.2, 0) is 9.84 Å². The molecule has 0 aliphatic carbocycles. The maximum Gasteiger partial charge on any atom is 0.254 e. The number of rotatable bonds is 2. The Labute approximate surface area is 152 Å². The Hall–Kier alpha value is -2.54. The van der Waals surface area contributed by atoms with Crippen molar-refractivity contribution in [1.82, 2.24) is 4.90 Å². The number of sulfone groups is 1. The van der Waals surface area contributed by atoms with E-state index in [1.807, 2.05) is 30.3 Å². The van der Waals surface area contributed by atoms with Crippen molar-refractivity contribution in [2.75, 3.05) is 25.6 Å². The number of hydrogen-bond acceptors (Lipinski definition) is 5. The molecule has 1 unspecified atom stereocenters. The molecule has 7 heteroatoms. The second-order valence-corrected chi connectivity index (χ2v) is 8.72. The molecule has 1 amide bonds. The van der Waals surface area contributed by atoms with E-state index in [0.29, 0.717) is 30.0 Å². The summed E-state index contributed by atoms with van der Waals surface area (Å²) in [5.41, 5.74) is 1.26. The normalized spacial score (nSPS) is 21.2. The predicted molar refractivity (Wildman–Crippen MR) is 96.1 cm³/mol. The highest BCUT2D eigenvalue weighted by atomic mass is 32.2. The number of amides is 1. The summed E-state index contributed by atoms with van der Waals surface area (Å²) in [6, 6.07) is 14.2. The number of fused-ring (bicyclic) bond motifs is 1. The van der Waals surface area contributed by atoms with Gasteiger partial charge in [-0.1, -0.05) is 30.3 Å². The lowest BCUT2D eigenvalue weighted by Gasteiger charge is -2.20. The fourth-order valence-corrected chi connectivity index (χ4v) is 5.20. The van der Waals surface area contributed by atoms with Crippen molar-refractivity contribution in [2.24, 2.45) is 0 Å². The zero-order valence-electron chi connectivity index (χ0n) is 14.1. The summed E-state index contributed by atoms with van der Waals surface area (Å²) in [5, 5.41) is -0.571. The summed E-state index contributed by atoms with van der Waals surface area (Å²) in [4.78, 5) is 14.5. The van der Waals surface area contributed by atoms with Gasteiger partial charge in [0.2, 0.25) is 6.79 Å². The van der Waals surface area contributed by atoms with Crippen LogP contribution in [0.25, 0.3) is 0 Å². The standard InChI is InChI=1S/C19H19NO5S/c21-19(15-6-7-16-17(12-15)25-13-24-16)20-9-8-18(26(22,23)11-10-20)14-4-2-1-3-5-14/h1-7,12,18H,8-11,13H2. The molecule has 4 rings (SSSR count). The number of carbonyl (C=O) groups is 1. The molecule has 0 radical (unpaired) electrons. The van der Waals surface area contributed by atoms with Crippen molar-refractivity contribution in [3.63, 3.8) is 0 Å². The van der Waals surface area contributed by atoms with Crippen molar-refractivity contribution in [1.29, 1.82) is 0 Å². The molecular formula is C19H19NO5S. The summed E-state index contributed by atoms with van der Waals surface area (Å²) in [5.74, 6) is 0.930. The highest BCUT2D eigenvalue weighted by Gasteiger charge is 2.33. The summed E-state index contributed by atoms with van der Waals surface area (Å²) in [6.45, 7) is 0.735. The molecule has 2 aliphatic rings. The van der Waals surface area contributed by atoms with Gasteiger partial charge >= 0.3 is 0 Å². The Balaban J connectivity index is 1.55. The summed E-state index contributed by atoms with van der Waals surface area (Å²) >= 11 is 0. The van der Waals surface area contributed by atoms with Gasteiger partial charge in [-0.15, -0.1) is 0 Å². The number of hydrogen-bond donors (Lipinski definition) is 0. The fraction of sp³-hybridized carbons (Fsp3) is 0.316. The van der Waals surface area contributed by atoms with Gasteiger partial charge in [0.1, 0.15) is 0 Å². The Morgan fingerprint density at radius 3 is 2.58 bits per heavy atom. The molecule has 6 nitrogen and oxygen atoms in total. The fourth-order valence-electron chi connectivity index (χ4n) is 3.40. The van der Waals surface area contributed by atoms with Crippen molar-refractivity contribution in [3.05, 3.63) is 59.7 Å². The number of benzene rings is 2. The molecule has 26 heavy (non-hydrogen) atoms. The minimum Gasteiger partial charge on any atom is -0.454 e. The largest absolute Gasteiger partial charge is 0.454 e. The third-order valence-electron chi connectivity index (χ3n) is 4.82. The summed E-state index contributed by atoms with van der Waals surface area (Å²) in [6.07, 6.45) is 0.392. The van der Waals surface area contributed by atoms with E-state index < -0.39 is 15.1 Å². The first kappa shape index (κ1) is 16.9. The second kappa shape index (κ2) is 6.64. The van der Waals surface area contributed by atoms with Crippen LogP contribution in [0.5, 0.6) is 11.5 Å². The molecule has 1 fully saturated rings. The molecule has 2 heterocycles. The lowest BCUT2D eigenvalue weighted by molar-refractivity contribution is 0.0766. The smallest absolute Gasteiger partial charge is 0.254 e. The van der Waals surface area contributed by atoms with E-state index in [4.69, 9.17) is 9.47 Å². The van der Waals surface area contributed by atoms with Gasteiger partial charge in [0.25, 0.3) is 5.91 Å². The van der Waals surface area contributed by atoms with Crippen molar-refractivity contribution < 1.29 is 22.7 Å². The van der Waals surface area contributed by atoms with E-state index in [9.17, 15) is 13.2 Å². The van der Waals surface area contributed by atoms with Crippen molar-refractivity contribution in [2.45, 2.75) is 11.7 Å². The number of nitrogens with zero attached hydrogens (tertiary/aromatic N) is 1. The van der Waals surface area contributed by atoms with Crippen LogP contribution in [0, 0.1) is 0 Å². The number of carbonyl (C=O) groups excluding carboxylic acids is 1. The average molecular weight is 373 g/mol. The minimum atomic E-state index is -3.31. The van der Waals surface area contributed by atoms with Crippen LogP contribution >= 0.6 is 0 Å². The lowest BCUT2D eigenvalue weighted by atomic mass is 10.1. The van der Waals surface area contributed by atoms with Crippen LogP contribution in [0.4, 0.5) is 0 Å². The maximum absolute atomic E-state index is 12.8. The number of ether oxygens (including phenoxy) is 2. The highest BCUT2D eigenvalue weighted by Crippen LogP contribution is 2.34. The van der Waals surface area contributed by atoms with Gasteiger partial charge in [0, 0.05) is 18.7 Å². The van der Waals surface area contributed by atoms with E-state index in [-0.39, 0.29) is 25.0 Å². The van der Waals surface area contributed by atoms with E-state index in [2.05, 4.69) is 0 Å². The molecule has 0 aromatic heterocycles. The van der Waals surface area contributed by atoms with Gasteiger partial charge in [0.05, 0.1) is 11.0 Å². The minimum absolute atomic E-state index is 0.0388. The van der Waals surface area contributed by atoms with Crippen LogP contribution in [0.3, 0.4) is 0 Å². The first-order valence-electron chi connectivity index (χ1n) is 8.50. The monoisotopic (exact) mass is 373 g/mol. The zero-order valence-corrected chi connectivity index (χ0v) is 14.9. The molecular weight excluding hydrogens is 354 g/mol. The SMILES string of the molecule is O=C(c1ccc2c(c1)OCO2)N1CCC(c2ccccc2)S(=O)(=O)CC1. The third-order valence-corrected chi connectivity index (χ3v) is 6.94. The van der Waals surface area contributed by atoms with Crippen LogP contribution < -0.4 is 9.47 Å². The van der Waals surface area contributed by atoms with Crippen molar-refractivity contribution in [3.8, 4) is 11.5 Å². The Bertz CT molecular complexity index is 926. The van der Waals surface area contributed by atoms with Gasteiger partial charge in [0.15, 0.2) is 21.3 Å². The van der Waals surface area contributed by atoms with Gasteiger partial charge < -0.3 is 14.4 Å². The highest BCUT2D eigenvalue weighted by molar-refractivity contribution is 7.91. The molecule has 0 saturated carbocycles. The average Bonchev–Trinajstić information content (AvgIpc) is 3.05. The molecule has 0 bridgehead atoms. The van der Waals surface area contributed by atoms with Crippen LogP contribution in [-0.4, -0.2) is 44.9 Å². The molecule has 2 aromatic carbocycles. The Morgan fingerprint density at radius 1 is 1.00 bits per heavy atom. The lowest BCUT2D eigenvalue weighted by Crippen LogP contribution is -2.33. The second-order valence-electron chi connectivity index (χ2n) is 6.42. The topological polar surface area (TPSA) is 72.9 Å². The summed E-state index contributed by atoms with van der Waals surface area (Å²) < 4.78 is 36.0. The van der Waals surface area contributed by atoms with Crippen LogP contribution in [0.2, 0.25) is 0 Å². The quantitative estimate of drug-likeness (QED) is 0.808. The van der Waals surface area contributed by atoms with E-state index in [0.717, 1.165) is 5.56 Å². The molecule has 2 aromatic rings. The van der Waals surface area contributed by atoms with Gasteiger partial charge in [-0.05, 0) is 30.2 Å². The van der Waals surface area contributed by atoms with Gasteiger partial charge in [-0.25, -0.2) is 8.42 Å². The van der Waals surface area contributed by atoms with Gasteiger partial charge in [-0.3, -0.25) is 4.79 Å². The summed E-state index contributed by atoms with van der Waals surface area (Å²) in [7, 11) is -3.31. The van der Waals surface area contributed by atoms with Crippen LogP contribution in [0.15, 0.2) is 48.5 Å². The third kappa shape index (κ3) is 3.14. The van der Waals surface area contributed by atoms with E-state index in [1.54, 1.807) is 23.1 Å². The molecule has 136 valence electrons. The predicted octanol–water partition coefficient (Wildman–Crippen LogP) is 2.42. The first-order chi connectivity index (χ1) is 12.5. The van der Waals surface area contributed by atoms with Crippen molar-refractivity contribution >= 4 is 15.7 Å².